The Morgan fingerprint density at radius 3 is 2.80 bits per heavy atom. The van der Waals surface area contributed by atoms with E-state index in [1.807, 2.05) is 30.9 Å². The molecular formula is C10H16N4S. The van der Waals surface area contributed by atoms with Crippen LogP contribution >= 0.6 is 11.8 Å². The van der Waals surface area contributed by atoms with Gasteiger partial charge in [-0.3, -0.25) is 5.41 Å². The Morgan fingerprint density at radius 1 is 1.60 bits per heavy atom. The van der Waals surface area contributed by atoms with Crippen molar-refractivity contribution in [3.63, 3.8) is 0 Å². The second-order valence-electron chi connectivity index (χ2n) is 3.23. The van der Waals surface area contributed by atoms with Crippen molar-refractivity contribution in [2.24, 2.45) is 5.73 Å². The first kappa shape index (κ1) is 11.8. The number of anilines is 1. The van der Waals surface area contributed by atoms with Crippen LogP contribution in [0.4, 0.5) is 5.82 Å². The Labute approximate surface area is 94.4 Å². The monoisotopic (exact) mass is 224 g/mol. The summed E-state index contributed by atoms with van der Waals surface area (Å²) in [6.07, 6.45) is 3.72. The molecular weight excluding hydrogens is 208 g/mol. The van der Waals surface area contributed by atoms with Crippen molar-refractivity contribution in [2.45, 2.75) is 0 Å². The van der Waals surface area contributed by atoms with E-state index in [1.165, 1.54) is 0 Å². The fourth-order valence-corrected chi connectivity index (χ4v) is 1.57. The molecule has 0 amide bonds. The van der Waals surface area contributed by atoms with Gasteiger partial charge >= 0.3 is 0 Å². The normalized spacial score (nSPS) is 10.0. The van der Waals surface area contributed by atoms with Crippen LogP contribution in [0.25, 0.3) is 0 Å². The van der Waals surface area contributed by atoms with E-state index in [2.05, 4.69) is 16.1 Å². The molecule has 0 bridgehead atoms. The fraction of sp³-hybridized carbons (Fsp3) is 0.400. The maximum Gasteiger partial charge on any atom is 0.128 e. The van der Waals surface area contributed by atoms with Crippen LogP contribution < -0.4 is 10.6 Å². The summed E-state index contributed by atoms with van der Waals surface area (Å²) in [5, 5.41) is 7.24. The number of rotatable bonds is 5. The number of hydrogen-bond acceptors (Lipinski definition) is 4. The predicted octanol–water partition coefficient (Wildman–Crippen LogP) is 1.16. The zero-order valence-corrected chi connectivity index (χ0v) is 9.84. The van der Waals surface area contributed by atoms with Crippen LogP contribution in [0.3, 0.4) is 0 Å². The molecule has 0 aromatic carbocycles. The quantitative estimate of drug-likeness (QED) is 0.582. The standard InChI is InChI=1S/C10H16N4S/c1-14(5-6-15-2)9-4-3-8(7-13-9)10(11)12/h3-4,7H,5-6H2,1-2H3,(H3,11,12). The average molecular weight is 224 g/mol. The first-order valence-electron chi connectivity index (χ1n) is 4.65. The molecule has 5 heteroatoms. The second kappa shape index (κ2) is 5.60. The minimum Gasteiger partial charge on any atom is -0.384 e. The molecule has 0 spiro atoms. The molecule has 0 saturated heterocycles. The summed E-state index contributed by atoms with van der Waals surface area (Å²) < 4.78 is 0. The van der Waals surface area contributed by atoms with Gasteiger partial charge in [-0.1, -0.05) is 0 Å². The highest BCUT2D eigenvalue weighted by molar-refractivity contribution is 7.98. The number of aromatic nitrogens is 1. The van der Waals surface area contributed by atoms with Crippen molar-refractivity contribution >= 4 is 23.4 Å². The van der Waals surface area contributed by atoms with E-state index in [9.17, 15) is 0 Å². The Bertz CT molecular complexity index is 323. The number of nitrogens with two attached hydrogens (primary N) is 1. The number of thioether (sulfide) groups is 1. The van der Waals surface area contributed by atoms with E-state index < -0.39 is 0 Å². The Balaban J connectivity index is 2.66. The van der Waals surface area contributed by atoms with Crippen LogP contribution in [-0.4, -0.2) is 36.4 Å². The molecule has 0 atom stereocenters. The van der Waals surface area contributed by atoms with Gasteiger partial charge in [0.15, 0.2) is 0 Å². The van der Waals surface area contributed by atoms with Crippen molar-refractivity contribution in [2.75, 3.05) is 30.5 Å². The smallest absolute Gasteiger partial charge is 0.128 e. The summed E-state index contributed by atoms with van der Waals surface area (Å²) in [4.78, 5) is 6.33. The molecule has 1 rings (SSSR count). The number of amidine groups is 1. The zero-order chi connectivity index (χ0) is 11.3. The predicted molar refractivity (Wildman–Crippen MR) is 66.9 cm³/mol. The number of nitrogens with one attached hydrogen (secondary N) is 1. The van der Waals surface area contributed by atoms with Crippen LogP contribution in [0.1, 0.15) is 5.56 Å². The maximum atomic E-state index is 7.24. The summed E-state index contributed by atoms with van der Waals surface area (Å²) in [5.41, 5.74) is 6.01. The fourth-order valence-electron chi connectivity index (χ4n) is 1.11. The van der Waals surface area contributed by atoms with Crippen LogP contribution in [-0.2, 0) is 0 Å². The van der Waals surface area contributed by atoms with Gasteiger partial charge in [0.05, 0.1) is 0 Å². The zero-order valence-electron chi connectivity index (χ0n) is 9.03. The highest BCUT2D eigenvalue weighted by atomic mass is 32.2. The molecule has 1 aromatic rings. The SMILES string of the molecule is CSCCN(C)c1ccc(C(=N)N)cn1. The molecule has 3 N–H and O–H groups in total. The topological polar surface area (TPSA) is 66.0 Å². The molecule has 4 nitrogen and oxygen atoms in total. The summed E-state index contributed by atoms with van der Waals surface area (Å²) in [5.74, 6) is 2.04. The number of nitrogens with zero attached hydrogens (tertiary/aromatic N) is 2. The van der Waals surface area contributed by atoms with Crippen molar-refractivity contribution in [3.05, 3.63) is 23.9 Å². The summed E-state index contributed by atoms with van der Waals surface area (Å²) in [6, 6.07) is 3.71. The highest BCUT2D eigenvalue weighted by Crippen LogP contribution is 2.09. The van der Waals surface area contributed by atoms with E-state index >= 15 is 0 Å². The van der Waals surface area contributed by atoms with Gasteiger partial charge in [0.25, 0.3) is 0 Å². The third-order valence-corrected chi connectivity index (χ3v) is 2.67. The van der Waals surface area contributed by atoms with Gasteiger partial charge in [-0.25, -0.2) is 4.98 Å². The highest BCUT2D eigenvalue weighted by Gasteiger charge is 2.02. The van der Waals surface area contributed by atoms with Crippen LogP contribution in [0.2, 0.25) is 0 Å². The second-order valence-corrected chi connectivity index (χ2v) is 4.22. The lowest BCUT2D eigenvalue weighted by molar-refractivity contribution is 0.946. The van der Waals surface area contributed by atoms with Gasteiger partial charge in [-0.2, -0.15) is 11.8 Å². The first-order valence-corrected chi connectivity index (χ1v) is 6.05. The molecule has 15 heavy (non-hydrogen) atoms. The van der Waals surface area contributed by atoms with Gasteiger partial charge < -0.3 is 10.6 Å². The summed E-state index contributed by atoms with van der Waals surface area (Å²) in [7, 11) is 2.01. The third-order valence-electron chi connectivity index (χ3n) is 2.08. The van der Waals surface area contributed by atoms with E-state index in [0.29, 0.717) is 5.56 Å². The summed E-state index contributed by atoms with van der Waals surface area (Å²) in [6.45, 7) is 0.966. The molecule has 0 fully saturated rings. The van der Waals surface area contributed by atoms with Gasteiger partial charge in [-0.05, 0) is 18.4 Å². The van der Waals surface area contributed by atoms with Gasteiger partial charge in [0.1, 0.15) is 11.7 Å². The lowest BCUT2D eigenvalue weighted by Gasteiger charge is -2.17. The Hall–Kier alpha value is -1.23. The molecule has 82 valence electrons. The number of hydrogen-bond donors (Lipinski definition) is 2. The van der Waals surface area contributed by atoms with Crippen molar-refractivity contribution < 1.29 is 0 Å². The molecule has 0 saturated carbocycles. The minimum atomic E-state index is 0.0563. The van der Waals surface area contributed by atoms with E-state index in [1.54, 1.807) is 6.20 Å². The van der Waals surface area contributed by atoms with E-state index in [0.717, 1.165) is 18.1 Å². The van der Waals surface area contributed by atoms with Crippen LogP contribution in [0, 0.1) is 5.41 Å². The van der Waals surface area contributed by atoms with Crippen molar-refractivity contribution in [1.82, 2.24) is 4.98 Å². The molecule has 0 radical (unpaired) electrons. The van der Waals surface area contributed by atoms with E-state index in [-0.39, 0.29) is 5.84 Å². The first-order chi connectivity index (χ1) is 7.15. The van der Waals surface area contributed by atoms with Crippen LogP contribution in [0.15, 0.2) is 18.3 Å². The lowest BCUT2D eigenvalue weighted by atomic mass is 10.2. The number of nitrogen functional groups attached to an aromatic ring is 1. The average Bonchev–Trinajstić information content (AvgIpc) is 2.26. The van der Waals surface area contributed by atoms with Crippen LogP contribution in [0.5, 0.6) is 0 Å². The molecule has 1 aromatic heterocycles. The molecule has 0 unspecified atom stereocenters. The Kier molecular flexibility index (Phi) is 4.42. The van der Waals surface area contributed by atoms with Gasteiger partial charge in [-0.15, -0.1) is 0 Å². The van der Waals surface area contributed by atoms with Crippen molar-refractivity contribution in [1.29, 1.82) is 5.41 Å². The molecule has 0 aliphatic rings. The molecule has 0 aliphatic carbocycles. The van der Waals surface area contributed by atoms with Gasteiger partial charge in [0, 0.05) is 31.1 Å². The lowest BCUT2D eigenvalue weighted by Crippen LogP contribution is -2.21. The third kappa shape index (κ3) is 3.43. The Morgan fingerprint density at radius 2 is 2.33 bits per heavy atom. The molecule has 0 aliphatic heterocycles. The van der Waals surface area contributed by atoms with E-state index in [4.69, 9.17) is 11.1 Å². The summed E-state index contributed by atoms with van der Waals surface area (Å²) >= 11 is 1.81. The largest absolute Gasteiger partial charge is 0.384 e. The van der Waals surface area contributed by atoms with Crippen molar-refractivity contribution in [3.8, 4) is 0 Å². The minimum absolute atomic E-state index is 0.0563. The maximum absolute atomic E-state index is 7.24. The van der Waals surface area contributed by atoms with Gasteiger partial charge in [0.2, 0.25) is 0 Å². The number of pyridine rings is 1. The molecule has 1 heterocycles.